The van der Waals surface area contributed by atoms with Crippen LogP contribution in [0.3, 0.4) is 0 Å². The molecule has 0 saturated carbocycles. The Morgan fingerprint density at radius 1 is 1.64 bits per heavy atom. The van der Waals surface area contributed by atoms with Crippen LogP contribution in [0.5, 0.6) is 0 Å². The van der Waals surface area contributed by atoms with E-state index in [0.29, 0.717) is 25.3 Å². The van der Waals surface area contributed by atoms with Gasteiger partial charge >= 0.3 is 5.97 Å². The number of nitrogens with zero attached hydrogens (tertiary/aromatic N) is 2. The number of aliphatic carboxylic acids is 1. The Labute approximate surface area is 83.6 Å². The molecule has 1 atom stereocenters. The van der Waals surface area contributed by atoms with E-state index in [1.54, 1.807) is 19.0 Å². The second-order valence-electron chi connectivity index (χ2n) is 3.09. The third-order valence-electron chi connectivity index (χ3n) is 1.95. The van der Waals surface area contributed by atoms with Crippen molar-refractivity contribution < 1.29 is 9.90 Å². The van der Waals surface area contributed by atoms with Gasteiger partial charge in [-0.2, -0.15) is 0 Å². The molecule has 82 valence electrons. The fourth-order valence-electron chi connectivity index (χ4n) is 0.957. The lowest BCUT2D eigenvalue weighted by Crippen LogP contribution is -2.36. The van der Waals surface area contributed by atoms with Crippen molar-refractivity contribution in [1.82, 2.24) is 4.90 Å². The van der Waals surface area contributed by atoms with Gasteiger partial charge in [0.25, 0.3) is 0 Å². The van der Waals surface area contributed by atoms with Gasteiger partial charge in [-0.15, -0.1) is 0 Å². The summed E-state index contributed by atoms with van der Waals surface area (Å²) in [6, 6.07) is -0.789. The smallest absolute Gasteiger partial charge is 0.320 e. The maximum Gasteiger partial charge on any atom is 0.320 e. The van der Waals surface area contributed by atoms with Crippen LogP contribution in [0.4, 0.5) is 0 Å². The molecule has 0 aliphatic carbocycles. The van der Waals surface area contributed by atoms with Gasteiger partial charge in [-0.25, -0.2) is 0 Å². The van der Waals surface area contributed by atoms with Crippen LogP contribution in [0.1, 0.15) is 12.8 Å². The Kier molecular flexibility index (Phi) is 5.62. The van der Waals surface area contributed by atoms with Crippen LogP contribution in [0.25, 0.3) is 0 Å². The molecule has 0 aliphatic heterocycles. The molecule has 0 radical (unpaired) electrons. The summed E-state index contributed by atoms with van der Waals surface area (Å²) in [6.45, 7) is 0.657. The molecular weight excluding hydrogens is 184 g/mol. The topological polar surface area (TPSA) is 105 Å². The van der Waals surface area contributed by atoms with Crippen molar-refractivity contribution in [2.75, 3.05) is 20.6 Å². The number of aliphatic imine (C=N–C) groups is 1. The zero-order valence-corrected chi connectivity index (χ0v) is 8.60. The Balaban J connectivity index is 3.69. The standard InChI is InChI=1S/C8H18N4O2/c1-11-8(10)12(2)5-3-4-6(9)7(13)14/h6H,3-5,9H2,1-2H3,(H2,10,11)(H,13,14). The number of carboxylic acids is 1. The molecule has 0 saturated heterocycles. The quantitative estimate of drug-likeness (QED) is 0.394. The summed E-state index contributed by atoms with van der Waals surface area (Å²) in [5, 5.41) is 8.52. The summed E-state index contributed by atoms with van der Waals surface area (Å²) in [5.41, 5.74) is 10.9. The largest absolute Gasteiger partial charge is 0.480 e. The first-order valence-corrected chi connectivity index (χ1v) is 4.40. The van der Waals surface area contributed by atoms with Crippen LogP contribution in [0, 0.1) is 0 Å². The van der Waals surface area contributed by atoms with Crippen molar-refractivity contribution in [2.24, 2.45) is 16.5 Å². The molecule has 6 nitrogen and oxygen atoms in total. The average Bonchev–Trinajstić information content (AvgIpc) is 2.15. The first-order valence-electron chi connectivity index (χ1n) is 4.40. The van der Waals surface area contributed by atoms with Crippen molar-refractivity contribution in [3.05, 3.63) is 0 Å². The van der Waals surface area contributed by atoms with Gasteiger partial charge in [0.15, 0.2) is 5.96 Å². The van der Waals surface area contributed by atoms with Crippen LogP contribution >= 0.6 is 0 Å². The van der Waals surface area contributed by atoms with Gasteiger partial charge in [0.2, 0.25) is 0 Å². The molecular formula is C8H18N4O2. The lowest BCUT2D eigenvalue weighted by atomic mass is 10.1. The van der Waals surface area contributed by atoms with Crippen molar-refractivity contribution in [3.8, 4) is 0 Å². The Morgan fingerprint density at radius 2 is 2.21 bits per heavy atom. The van der Waals surface area contributed by atoms with E-state index >= 15 is 0 Å². The molecule has 0 rings (SSSR count). The van der Waals surface area contributed by atoms with Crippen LogP contribution < -0.4 is 11.5 Å². The Hall–Kier alpha value is -1.30. The van der Waals surface area contributed by atoms with Gasteiger partial charge in [-0.3, -0.25) is 9.79 Å². The zero-order valence-electron chi connectivity index (χ0n) is 8.60. The van der Waals surface area contributed by atoms with E-state index in [9.17, 15) is 4.79 Å². The summed E-state index contributed by atoms with van der Waals surface area (Å²) >= 11 is 0. The fraction of sp³-hybridized carbons (Fsp3) is 0.750. The number of nitrogens with two attached hydrogens (primary N) is 2. The molecule has 0 spiro atoms. The lowest BCUT2D eigenvalue weighted by molar-refractivity contribution is -0.138. The van der Waals surface area contributed by atoms with Crippen molar-refractivity contribution in [3.63, 3.8) is 0 Å². The van der Waals surface area contributed by atoms with E-state index < -0.39 is 12.0 Å². The number of carboxylic acid groups (broad SMARTS) is 1. The van der Waals surface area contributed by atoms with Crippen molar-refractivity contribution >= 4 is 11.9 Å². The molecule has 0 aliphatic rings. The molecule has 6 heteroatoms. The number of carbonyl (C=O) groups is 1. The SMILES string of the molecule is CN=C(N)N(C)CCCC(N)C(=O)O. The predicted molar refractivity (Wildman–Crippen MR) is 55.0 cm³/mol. The highest BCUT2D eigenvalue weighted by Crippen LogP contribution is 1.96. The van der Waals surface area contributed by atoms with Gasteiger partial charge in [0.1, 0.15) is 6.04 Å². The number of hydrogen-bond donors (Lipinski definition) is 3. The van der Waals surface area contributed by atoms with E-state index in [1.165, 1.54) is 0 Å². The molecule has 14 heavy (non-hydrogen) atoms. The highest BCUT2D eigenvalue weighted by Gasteiger charge is 2.11. The molecule has 5 N–H and O–H groups in total. The van der Waals surface area contributed by atoms with Crippen LogP contribution in [0.2, 0.25) is 0 Å². The van der Waals surface area contributed by atoms with E-state index in [1.807, 2.05) is 0 Å². The molecule has 0 amide bonds. The van der Waals surface area contributed by atoms with E-state index in [4.69, 9.17) is 16.6 Å². The van der Waals surface area contributed by atoms with Crippen molar-refractivity contribution in [2.45, 2.75) is 18.9 Å². The molecule has 0 aromatic rings. The van der Waals surface area contributed by atoms with E-state index in [2.05, 4.69) is 4.99 Å². The number of hydrogen-bond acceptors (Lipinski definition) is 3. The first kappa shape index (κ1) is 12.7. The van der Waals surface area contributed by atoms with Crippen molar-refractivity contribution in [1.29, 1.82) is 0 Å². The van der Waals surface area contributed by atoms with E-state index in [-0.39, 0.29) is 0 Å². The minimum Gasteiger partial charge on any atom is -0.480 e. The van der Waals surface area contributed by atoms with E-state index in [0.717, 1.165) is 0 Å². The summed E-state index contributed by atoms with van der Waals surface area (Å²) in [7, 11) is 3.41. The van der Waals surface area contributed by atoms with Gasteiger partial charge in [-0.1, -0.05) is 0 Å². The normalized spacial score (nSPS) is 13.8. The molecule has 0 aromatic carbocycles. The minimum atomic E-state index is -0.968. The van der Waals surface area contributed by atoms with Gasteiger partial charge < -0.3 is 21.5 Å². The second kappa shape index (κ2) is 6.20. The first-order chi connectivity index (χ1) is 6.49. The van der Waals surface area contributed by atoms with Crippen LogP contribution in [-0.2, 0) is 4.79 Å². The summed E-state index contributed by atoms with van der Waals surface area (Å²) in [5.74, 6) is -0.529. The lowest BCUT2D eigenvalue weighted by Gasteiger charge is -2.17. The monoisotopic (exact) mass is 202 g/mol. The minimum absolute atomic E-state index is 0.439. The number of rotatable bonds is 5. The highest BCUT2D eigenvalue weighted by atomic mass is 16.4. The number of guanidine groups is 1. The fourth-order valence-corrected chi connectivity index (χ4v) is 0.957. The zero-order chi connectivity index (χ0) is 11.1. The summed E-state index contributed by atoms with van der Waals surface area (Å²) in [6.07, 6.45) is 1.12. The maximum atomic E-state index is 10.4. The molecule has 0 fully saturated rings. The van der Waals surface area contributed by atoms with Crippen LogP contribution in [-0.4, -0.2) is 48.6 Å². The predicted octanol–water partition coefficient (Wildman–Crippen LogP) is -0.945. The summed E-state index contributed by atoms with van der Waals surface area (Å²) < 4.78 is 0. The molecule has 0 bridgehead atoms. The van der Waals surface area contributed by atoms with Gasteiger partial charge in [0.05, 0.1) is 0 Å². The van der Waals surface area contributed by atoms with Gasteiger partial charge in [-0.05, 0) is 12.8 Å². The Bertz CT molecular complexity index is 217. The molecule has 0 aromatic heterocycles. The third kappa shape index (κ3) is 4.66. The molecule has 1 unspecified atom stereocenters. The second-order valence-corrected chi connectivity index (χ2v) is 3.09. The maximum absolute atomic E-state index is 10.4. The molecule has 0 heterocycles. The van der Waals surface area contributed by atoms with Crippen LogP contribution in [0.15, 0.2) is 4.99 Å². The average molecular weight is 202 g/mol. The summed E-state index contributed by atoms with van der Waals surface area (Å²) in [4.78, 5) is 15.9. The van der Waals surface area contributed by atoms with Gasteiger partial charge in [0, 0.05) is 20.6 Å². The Morgan fingerprint density at radius 3 is 2.64 bits per heavy atom. The highest BCUT2D eigenvalue weighted by molar-refractivity contribution is 5.77. The third-order valence-corrected chi connectivity index (χ3v) is 1.95.